The highest BCUT2D eigenvalue weighted by Gasteiger charge is 2.59. The van der Waals surface area contributed by atoms with Gasteiger partial charge in [0.1, 0.15) is 10.6 Å². The first-order valence-electron chi connectivity index (χ1n) is 9.65. The van der Waals surface area contributed by atoms with Gasteiger partial charge in [0.25, 0.3) is 0 Å². The maximum absolute atomic E-state index is 15.1. The number of benzene rings is 2. The van der Waals surface area contributed by atoms with Crippen molar-refractivity contribution in [3.05, 3.63) is 58.6 Å². The average molecular weight is 459 g/mol. The number of ether oxygens (including phenoxy) is 2. The molecule has 1 heterocycles. The molecular weight excluding hydrogens is 438 g/mol. The SMILES string of the molecule is O=S(=O)(c1ccc(Cl)cc1)C12CCC(OCCO)CC1COc1c(F)ccc(F)c12. The Morgan fingerprint density at radius 3 is 2.57 bits per heavy atom. The quantitative estimate of drug-likeness (QED) is 0.736. The third kappa shape index (κ3) is 3.30. The zero-order chi connectivity index (χ0) is 21.5. The van der Waals surface area contributed by atoms with Gasteiger partial charge in [-0.3, -0.25) is 0 Å². The van der Waals surface area contributed by atoms with Crippen LogP contribution in [0, 0.1) is 17.6 Å². The Kier molecular flexibility index (Phi) is 5.78. The van der Waals surface area contributed by atoms with Crippen LogP contribution in [-0.4, -0.2) is 39.4 Å². The highest BCUT2D eigenvalue weighted by Crippen LogP contribution is 2.56. The Labute approximate surface area is 178 Å². The van der Waals surface area contributed by atoms with Crippen LogP contribution in [0.5, 0.6) is 5.75 Å². The summed E-state index contributed by atoms with van der Waals surface area (Å²) < 4.78 is 66.9. The summed E-state index contributed by atoms with van der Waals surface area (Å²) in [4.78, 5) is -0.0110. The van der Waals surface area contributed by atoms with Gasteiger partial charge in [-0.25, -0.2) is 17.2 Å². The summed E-state index contributed by atoms with van der Waals surface area (Å²) >= 11 is 5.92. The molecule has 0 aromatic heterocycles. The van der Waals surface area contributed by atoms with E-state index in [1.165, 1.54) is 24.3 Å². The molecule has 5 nitrogen and oxygen atoms in total. The number of hydrogen-bond donors (Lipinski definition) is 1. The normalized spacial score (nSPS) is 25.9. The molecule has 1 aliphatic carbocycles. The Bertz CT molecular complexity index is 1040. The number of sulfone groups is 1. The van der Waals surface area contributed by atoms with Crippen molar-refractivity contribution in [2.24, 2.45) is 5.92 Å². The third-order valence-corrected chi connectivity index (χ3v) is 8.85. The molecule has 3 unspecified atom stereocenters. The predicted octanol–water partition coefficient (Wildman–Crippen LogP) is 3.86. The van der Waals surface area contributed by atoms with Crippen LogP contribution in [0.25, 0.3) is 0 Å². The van der Waals surface area contributed by atoms with Crippen molar-refractivity contribution >= 4 is 21.4 Å². The summed E-state index contributed by atoms with van der Waals surface area (Å²) in [5, 5.41) is 9.40. The second-order valence-corrected chi connectivity index (χ2v) is 10.2. The van der Waals surface area contributed by atoms with Gasteiger partial charge in [-0.2, -0.15) is 0 Å². The summed E-state index contributed by atoms with van der Waals surface area (Å²) in [5.74, 6) is -2.62. The second kappa shape index (κ2) is 8.07. The first-order chi connectivity index (χ1) is 14.3. The van der Waals surface area contributed by atoms with E-state index >= 15 is 4.39 Å². The van der Waals surface area contributed by atoms with Gasteiger partial charge in [-0.1, -0.05) is 11.6 Å². The number of halogens is 3. The van der Waals surface area contributed by atoms with Gasteiger partial charge >= 0.3 is 0 Å². The Morgan fingerprint density at radius 2 is 1.87 bits per heavy atom. The average Bonchev–Trinajstić information content (AvgIpc) is 2.74. The molecule has 0 bridgehead atoms. The van der Waals surface area contributed by atoms with Crippen LogP contribution in [0.2, 0.25) is 5.02 Å². The minimum atomic E-state index is -4.15. The fraction of sp³-hybridized carbons (Fsp3) is 0.429. The first-order valence-corrected chi connectivity index (χ1v) is 11.5. The fourth-order valence-corrected chi connectivity index (χ4v) is 7.16. The first kappa shape index (κ1) is 21.5. The Balaban J connectivity index is 1.90. The van der Waals surface area contributed by atoms with Crippen molar-refractivity contribution in [3.8, 4) is 5.75 Å². The second-order valence-electron chi connectivity index (χ2n) is 7.58. The van der Waals surface area contributed by atoms with Crippen molar-refractivity contribution in [3.63, 3.8) is 0 Å². The fourth-order valence-electron chi connectivity index (χ4n) is 4.67. The van der Waals surface area contributed by atoms with Gasteiger partial charge in [0.15, 0.2) is 21.4 Å². The van der Waals surface area contributed by atoms with E-state index in [0.717, 1.165) is 12.1 Å². The van der Waals surface area contributed by atoms with Gasteiger partial charge < -0.3 is 14.6 Å². The molecule has 162 valence electrons. The Morgan fingerprint density at radius 1 is 1.17 bits per heavy atom. The maximum atomic E-state index is 15.1. The monoisotopic (exact) mass is 458 g/mol. The van der Waals surface area contributed by atoms with Crippen LogP contribution in [-0.2, 0) is 19.3 Å². The van der Waals surface area contributed by atoms with Crippen LogP contribution >= 0.6 is 11.6 Å². The van der Waals surface area contributed by atoms with Crippen molar-refractivity contribution < 1.29 is 31.8 Å². The summed E-state index contributed by atoms with van der Waals surface area (Å²) in [5.41, 5.74) is -0.255. The van der Waals surface area contributed by atoms with Gasteiger partial charge in [-0.15, -0.1) is 0 Å². The Hall–Kier alpha value is -1.74. The van der Waals surface area contributed by atoms with Gasteiger partial charge in [0, 0.05) is 10.9 Å². The maximum Gasteiger partial charge on any atom is 0.188 e. The van der Waals surface area contributed by atoms with Gasteiger partial charge in [-0.05, 0) is 55.7 Å². The number of aliphatic hydroxyl groups is 1. The topological polar surface area (TPSA) is 72.8 Å². The highest BCUT2D eigenvalue weighted by atomic mass is 35.5. The van der Waals surface area contributed by atoms with Crippen LogP contribution in [0.3, 0.4) is 0 Å². The molecule has 0 spiro atoms. The lowest BCUT2D eigenvalue weighted by Gasteiger charge is -2.48. The molecule has 1 aliphatic heterocycles. The van der Waals surface area contributed by atoms with E-state index in [0.29, 0.717) is 11.4 Å². The molecule has 1 saturated carbocycles. The molecule has 30 heavy (non-hydrogen) atoms. The van der Waals surface area contributed by atoms with Crippen LogP contribution in [0.15, 0.2) is 41.3 Å². The lowest BCUT2D eigenvalue weighted by Crippen LogP contribution is -2.53. The van der Waals surface area contributed by atoms with E-state index in [2.05, 4.69) is 0 Å². The van der Waals surface area contributed by atoms with Crippen molar-refractivity contribution in [1.29, 1.82) is 0 Å². The number of fused-ring (bicyclic) bond motifs is 3. The lowest BCUT2D eigenvalue weighted by molar-refractivity contribution is -0.0267. The van der Waals surface area contributed by atoms with Crippen LogP contribution in [0.4, 0.5) is 8.78 Å². The smallest absolute Gasteiger partial charge is 0.188 e. The summed E-state index contributed by atoms with van der Waals surface area (Å²) in [6.07, 6.45) is 0.327. The molecule has 3 atom stereocenters. The molecule has 0 amide bonds. The van der Waals surface area contributed by atoms with E-state index in [4.69, 9.17) is 26.2 Å². The van der Waals surface area contributed by atoms with E-state index in [9.17, 15) is 12.8 Å². The van der Waals surface area contributed by atoms with Crippen molar-refractivity contribution in [1.82, 2.24) is 0 Å². The summed E-state index contributed by atoms with van der Waals surface area (Å²) in [6.45, 7) is -0.123. The van der Waals surface area contributed by atoms with Crippen LogP contribution < -0.4 is 4.74 Å². The predicted molar refractivity (Wildman–Crippen MR) is 106 cm³/mol. The molecule has 0 saturated heterocycles. The van der Waals surface area contributed by atoms with Gasteiger partial charge in [0.2, 0.25) is 0 Å². The van der Waals surface area contributed by atoms with E-state index in [-0.39, 0.29) is 55.0 Å². The molecule has 0 radical (unpaired) electrons. The molecule has 1 fully saturated rings. The van der Waals surface area contributed by atoms with Crippen molar-refractivity contribution in [2.45, 2.75) is 35.0 Å². The molecule has 1 N–H and O–H groups in total. The minimum absolute atomic E-state index is 0.0110. The third-order valence-electron chi connectivity index (χ3n) is 6.00. The summed E-state index contributed by atoms with van der Waals surface area (Å²) in [7, 11) is -4.15. The number of aliphatic hydroxyl groups excluding tert-OH is 1. The van der Waals surface area contributed by atoms with E-state index < -0.39 is 32.1 Å². The van der Waals surface area contributed by atoms with Gasteiger partial charge in [0.05, 0.1) is 36.4 Å². The molecule has 2 aromatic carbocycles. The standard InChI is InChI=1S/C21H21ClF2O5S/c22-14-1-3-16(4-2-14)30(26,27)21-8-7-15(28-10-9-25)11-13(21)12-29-20-18(24)6-5-17(23)19(20)21/h1-6,13,15,25H,7-12H2. The molecule has 2 aliphatic rings. The summed E-state index contributed by atoms with van der Waals surface area (Å²) in [6, 6.07) is 7.55. The van der Waals surface area contributed by atoms with Crippen molar-refractivity contribution in [2.75, 3.05) is 19.8 Å². The minimum Gasteiger partial charge on any atom is -0.490 e. The largest absolute Gasteiger partial charge is 0.490 e. The van der Waals surface area contributed by atoms with E-state index in [1.54, 1.807) is 0 Å². The number of hydrogen-bond acceptors (Lipinski definition) is 5. The number of rotatable bonds is 5. The zero-order valence-electron chi connectivity index (χ0n) is 16.0. The molecule has 2 aromatic rings. The lowest BCUT2D eigenvalue weighted by atomic mass is 9.72. The molecule has 4 rings (SSSR count). The highest BCUT2D eigenvalue weighted by molar-refractivity contribution is 7.92. The van der Waals surface area contributed by atoms with Crippen LogP contribution in [0.1, 0.15) is 24.8 Å². The van der Waals surface area contributed by atoms with E-state index in [1.807, 2.05) is 0 Å². The molecule has 9 heteroatoms. The molecular formula is C21H21ClF2O5S. The zero-order valence-corrected chi connectivity index (χ0v) is 17.6.